The molecule has 7 heteroatoms. The van der Waals surface area contributed by atoms with Crippen LogP contribution >= 0.6 is 24.0 Å². The van der Waals surface area contributed by atoms with Gasteiger partial charge in [-0.2, -0.15) is 0 Å². The number of nitrogens with one attached hydrogen (secondary N) is 2. The Morgan fingerprint density at radius 1 is 0.966 bits per heavy atom. The third-order valence-corrected chi connectivity index (χ3v) is 6.03. The van der Waals surface area contributed by atoms with Gasteiger partial charge in [-0.25, -0.2) is 0 Å². The van der Waals surface area contributed by atoms with Crippen molar-refractivity contribution in [2.24, 2.45) is 4.99 Å². The second-order valence-corrected chi connectivity index (χ2v) is 7.96. The number of rotatable bonds is 7. The van der Waals surface area contributed by atoms with Gasteiger partial charge in [0.05, 0.1) is 0 Å². The Balaban J connectivity index is 0.00000300. The van der Waals surface area contributed by atoms with Crippen LogP contribution in [-0.4, -0.2) is 92.7 Å². The topological polar surface area (TPSA) is 46.1 Å². The molecule has 0 aliphatic carbocycles. The van der Waals surface area contributed by atoms with E-state index in [-0.39, 0.29) is 24.0 Å². The van der Waals surface area contributed by atoms with Crippen molar-refractivity contribution < 1.29 is 0 Å². The first-order chi connectivity index (χ1) is 13.8. The average molecular weight is 515 g/mol. The zero-order valence-corrected chi connectivity index (χ0v) is 20.5. The first-order valence-corrected chi connectivity index (χ1v) is 10.9. The second-order valence-electron chi connectivity index (χ2n) is 7.96. The molecule has 1 aromatic rings. The number of hydrogen-bond donors (Lipinski definition) is 2. The van der Waals surface area contributed by atoms with E-state index >= 15 is 0 Å². The molecule has 2 heterocycles. The number of nitrogens with zero attached hydrogens (tertiary/aromatic N) is 4. The Hall–Kier alpha value is -0.900. The predicted octanol–water partition coefficient (Wildman–Crippen LogP) is 2.07. The molecule has 0 saturated carbocycles. The molecule has 6 nitrogen and oxygen atoms in total. The maximum Gasteiger partial charge on any atom is 0.191 e. The van der Waals surface area contributed by atoms with E-state index in [0.29, 0.717) is 6.04 Å². The van der Waals surface area contributed by atoms with Crippen molar-refractivity contribution in [3.8, 4) is 0 Å². The zero-order chi connectivity index (χ0) is 19.6. The zero-order valence-electron chi connectivity index (χ0n) is 18.1. The summed E-state index contributed by atoms with van der Waals surface area (Å²) in [6.45, 7) is 13.6. The van der Waals surface area contributed by atoms with Gasteiger partial charge < -0.3 is 15.5 Å². The molecule has 0 radical (unpaired) electrons. The van der Waals surface area contributed by atoms with Crippen LogP contribution in [0.15, 0.2) is 35.3 Å². The fourth-order valence-corrected chi connectivity index (χ4v) is 4.13. The molecule has 1 aromatic carbocycles. The lowest BCUT2D eigenvalue weighted by Gasteiger charge is -2.34. The molecular weight excluding hydrogens is 475 g/mol. The number of likely N-dealkylation sites (tertiary alicyclic amines) is 1. The number of piperidine rings is 1. The van der Waals surface area contributed by atoms with Gasteiger partial charge in [-0.1, -0.05) is 37.3 Å². The minimum absolute atomic E-state index is 0. The third-order valence-electron chi connectivity index (χ3n) is 6.03. The van der Waals surface area contributed by atoms with Gasteiger partial charge in [0.25, 0.3) is 0 Å². The molecule has 0 bridgehead atoms. The molecule has 0 spiro atoms. The van der Waals surface area contributed by atoms with E-state index < -0.39 is 0 Å². The number of hydrogen-bond acceptors (Lipinski definition) is 4. The highest BCUT2D eigenvalue weighted by Gasteiger charge is 2.20. The highest BCUT2D eigenvalue weighted by atomic mass is 127. The van der Waals surface area contributed by atoms with Crippen molar-refractivity contribution >= 4 is 29.9 Å². The van der Waals surface area contributed by atoms with Crippen molar-refractivity contribution in [1.82, 2.24) is 25.3 Å². The predicted molar refractivity (Wildman–Crippen MR) is 133 cm³/mol. The minimum atomic E-state index is 0. The normalized spacial score (nSPS) is 20.3. The fourth-order valence-electron chi connectivity index (χ4n) is 4.13. The summed E-state index contributed by atoms with van der Waals surface area (Å²) in [5.41, 5.74) is 1.41. The van der Waals surface area contributed by atoms with Gasteiger partial charge in [-0.05, 0) is 24.9 Å². The lowest BCUT2D eigenvalue weighted by molar-refractivity contribution is 0.139. The van der Waals surface area contributed by atoms with Crippen molar-refractivity contribution in [2.75, 3.05) is 66.0 Å². The van der Waals surface area contributed by atoms with E-state index in [1.165, 1.54) is 51.1 Å². The van der Waals surface area contributed by atoms with Crippen LogP contribution in [0.25, 0.3) is 0 Å². The molecule has 0 amide bonds. The molecule has 0 atom stereocenters. The molecule has 2 aliphatic rings. The molecule has 2 saturated heterocycles. The summed E-state index contributed by atoms with van der Waals surface area (Å²) < 4.78 is 0. The van der Waals surface area contributed by atoms with Crippen LogP contribution in [0.1, 0.15) is 25.3 Å². The van der Waals surface area contributed by atoms with Gasteiger partial charge in [0.15, 0.2) is 5.96 Å². The Morgan fingerprint density at radius 3 is 2.24 bits per heavy atom. The summed E-state index contributed by atoms with van der Waals surface area (Å²) in [7, 11) is 1.87. The van der Waals surface area contributed by atoms with Crippen LogP contribution in [0, 0.1) is 0 Å². The lowest BCUT2D eigenvalue weighted by atomic mass is 10.0. The summed E-state index contributed by atoms with van der Waals surface area (Å²) in [6, 6.07) is 11.3. The minimum Gasteiger partial charge on any atom is -0.355 e. The summed E-state index contributed by atoms with van der Waals surface area (Å²) in [5, 5.41) is 7.14. The molecule has 164 valence electrons. The number of aliphatic imine (C=N–C) groups is 1. The molecule has 2 fully saturated rings. The number of halogens is 1. The maximum atomic E-state index is 4.43. The van der Waals surface area contributed by atoms with E-state index in [9.17, 15) is 0 Å². The van der Waals surface area contributed by atoms with E-state index in [1.54, 1.807) is 0 Å². The first-order valence-electron chi connectivity index (χ1n) is 10.9. The number of likely N-dealkylation sites (N-methyl/N-ethyl adjacent to an activating group) is 1. The maximum absolute atomic E-state index is 4.43. The van der Waals surface area contributed by atoms with E-state index in [1.807, 2.05) is 7.05 Å². The number of guanidine groups is 1. The Labute approximate surface area is 194 Å². The summed E-state index contributed by atoms with van der Waals surface area (Å²) in [5.74, 6) is 0.953. The van der Waals surface area contributed by atoms with Crippen LogP contribution in [0.2, 0.25) is 0 Å². The smallest absolute Gasteiger partial charge is 0.191 e. The highest BCUT2D eigenvalue weighted by molar-refractivity contribution is 14.0. The van der Waals surface area contributed by atoms with Crippen molar-refractivity contribution in [3.63, 3.8) is 0 Å². The number of benzene rings is 1. The van der Waals surface area contributed by atoms with Gasteiger partial charge in [-0.3, -0.25) is 14.8 Å². The standard InChI is InChI=1S/C22H38N6.HI/c1-3-26-15-17-27(18-16-26)14-11-24-22(23-2)25-21-9-12-28(13-10-21)19-20-7-5-4-6-8-20;/h4-8,21H,3,9-19H2,1-2H3,(H2,23,24,25);1H. The van der Waals surface area contributed by atoms with Crippen LogP contribution in [-0.2, 0) is 6.54 Å². The van der Waals surface area contributed by atoms with Gasteiger partial charge in [0, 0.05) is 72.0 Å². The SMILES string of the molecule is CCN1CCN(CCNC(=NC)NC2CCN(Cc3ccccc3)CC2)CC1.I. The van der Waals surface area contributed by atoms with Crippen molar-refractivity contribution in [3.05, 3.63) is 35.9 Å². The summed E-state index contributed by atoms with van der Waals surface area (Å²) in [6.07, 6.45) is 2.35. The summed E-state index contributed by atoms with van der Waals surface area (Å²) in [4.78, 5) is 12.1. The lowest BCUT2D eigenvalue weighted by Crippen LogP contribution is -2.51. The first kappa shape index (κ1) is 24.4. The van der Waals surface area contributed by atoms with Crippen LogP contribution in [0.5, 0.6) is 0 Å². The Kier molecular flexibility index (Phi) is 11.3. The quantitative estimate of drug-likeness (QED) is 0.332. The van der Waals surface area contributed by atoms with Gasteiger partial charge >= 0.3 is 0 Å². The van der Waals surface area contributed by atoms with Crippen LogP contribution < -0.4 is 10.6 Å². The van der Waals surface area contributed by atoms with Crippen LogP contribution in [0.4, 0.5) is 0 Å². The van der Waals surface area contributed by atoms with Gasteiger partial charge in [0.2, 0.25) is 0 Å². The molecule has 0 aromatic heterocycles. The molecule has 2 N–H and O–H groups in total. The van der Waals surface area contributed by atoms with Gasteiger partial charge in [-0.15, -0.1) is 24.0 Å². The molecular formula is C22H39IN6. The molecule has 3 rings (SSSR count). The largest absolute Gasteiger partial charge is 0.355 e. The molecule has 29 heavy (non-hydrogen) atoms. The second kappa shape index (κ2) is 13.4. The number of piperazine rings is 1. The van der Waals surface area contributed by atoms with E-state index in [4.69, 9.17) is 0 Å². The average Bonchev–Trinajstić information content (AvgIpc) is 2.75. The molecule has 2 aliphatic heterocycles. The Morgan fingerprint density at radius 2 is 1.62 bits per heavy atom. The van der Waals surface area contributed by atoms with Gasteiger partial charge in [0.1, 0.15) is 0 Å². The van der Waals surface area contributed by atoms with Crippen LogP contribution in [0.3, 0.4) is 0 Å². The molecule has 0 unspecified atom stereocenters. The highest BCUT2D eigenvalue weighted by Crippen LogP contribution is 2.13. The summed E-state index contributed by atoms with van der Waals surface area (Å²) >= 11 is 0. The monoisotopic (exact) mass is 514 g/mol. The van der Waals surface area contributed by atoms with E-state index in [0.717, 1.165) is 38.7 Å². The Bertz CT molecular complexity index is 580. The van der Waals surface area contributed by atoms with E-state index in [2.05, 4.69) is 67.6 Å². The third kappa shape index (κ3) is 8.39. The van der Waals surface area contributed by atoms with Crippen molar-refractivity contribution in [2.45, 2.75) is 32.4 Å². The van der Waals surface area contributed by atoms with Crippen molar-refractivity contribution in [1.29, 1.82) is 0 Å². The fraction of sp³-hybridized carbons (Fsp3) is 0.682.